The molecule has 0 bridgehead atoms. The summed E-state index contributed by atoms with van der Waals surface area (Å²) in [6, 6.07) is 9.14. The molecule has 1 aromatic heterocycles. The molecular formula is C17H21N3O3. The number of nitrogens with one attached hydrogen (secondary N) is 2. The van der Waals surface area contributed by atoms with Gasteiger partial charge in [-0.25, -0.2) is 0 Å². The number of para-hydroxylation sites is 1. The van der Waals surface area contributed by atoms with Gasteiger partial charge in [0.1, 0.15) is 0 Å². The molecular weight excluding hydrogens is 294 g/mol. The van der Waals surface area contributed by atoms with Crippen molar-refractivity contribution in [2.45, 2.75) is 26.4 Å². The summed E-state index contributed by atoms with van der Waals surface area (Å²) in [7, 11) is 0. The average Bonchev–Trinajstić information content (AvgIpc) is 2.54. The summed E-state index contributed by atoms with van der Waals surface area (Å²) < 4.78 is 5.37. The summed E-state index contributed by atoms with van der Waals surface area (Å²) >= 11 is 0. The number of fused-ring (bicyclic) bond motifs is 1. The monoisotopic (exact) mass is 315 g/mol. The number of pyridine rings is 1. The summed E-state index contributed by atoms with van der Waals surface area (Å²) in [6.45, 7) is 4.84. The van der Waals surface area contributed by atoms with Gasteiger partial charge >= 0.3 is 11.8 Å². The van der Waals surface area contributed by atoms with Gasteiger partial charge in [0.15, 0.2) is 0 Å². The molecule has 0 aliphatic rings. The Balaban J connectivity index is 1.87. The van der Waals surface area contributed by atoms with E-state index < -0.39 is 11.8 Å². The Kier molecular flexibility index (Phi) is 6.05. The van der Waals surface area contributed by atoms with Crippen LogP contribution in [0.1, 0.15) is 20.3 Å². The second kappa shape index (κ2) is 8.24. The lowest BCUT2D eigenvalue weighted by Crippen LogP contribution is -2.36. The summed E-state index contributed by atoms with van der Waals surface area (Å²) in [5.41, 5.74) is 1.17. The Morgan fingerprint density at radius 2 is 1.96 bits per heavy atom. The van der Waals surface area contributed by atoms with E-state index in [0.717, 1.165) is 5.39 Å². The fourth-order valence-corrected chi connectivity index (χ4v) is 2.06. The number of anilines is 1. The SMILES string of the molecule is CC(C)OCCCNC(=O)C(=O)Nc1cccc2cccnc12. The van der Waals surface area contributed by atoms with Gasteiger partial charge in [0.25, 0.3) is 0 Å². The smallest absolute Gasteiger partial charge is 0.313 e. The summed E-state index contributed by atoms with van der Waals surface area (Å²) in [4.78, 5) is 28.0. The first-order valence-corrected chi connectivity index (χ1v) is 7.62. The molecule has 2 N–H and O–H groups in total. The summed E-state index contributed by atoms with van der Waals surface area (Å²) in [5.74, 6) is -1.37. The third-order valence-corrected chi connectivity index (χ3v) is 3.15. The van der Waals surface area contributed by atoms with Gasteiger partial charge in [-0.3, -0.25) is 14.6 Å². The normalized spacial score (nSPS) is 10.7. The van der Waals surface area contributed by atoms with E-state index in [9.17, 15) is 9.59 Å². The van der Waals surface area contributed by atoms with E-state index in [4.69, 9.17) is 4.74 Å². The molecule has 0 saturated heterocycles. The van der Waals surface area contributed by atoms with E-state index in [1.54, 1.807) is 18.3 Å². The molecule has 2 aromatic rings. The standard InChI is InChI=1S/C17H21N3O3/c1-12(2)23-11-5-10-19-16(21)17(22)20-14-8-3-6-13-7-4-9-18-15(13)14/h3-4,6-9,12H,5,10-11H2,1-2H3,(H,19,21)(H,20,22). The van der Waals surface area contributed by atoms with E-state index in [1.807, 2.05) is 32.0 Å². The van der Waals surface area contributed by atoms with Gasteiger partial charge in [0, 0.05) is 24.7 Å². The van der Waals surface area contributed by atoms with Crippen molar-refractivity contribution in [3.8, 4) is 0 Å². The number of hydrogen-bond donors (Lipinski definition) is 2. The van der Waals surface area contributed by atoms with Gasteiger partial charge in [-0.2, -0.15) is 0 Å². The Bertz CT molecular complexity index is 680. The maximum absolute atomic E-state index is 11.9. The first-order valence-electron chi connectivity index (χ1n) is 7.62. The third kappa shape index (κ3) is 5.03. The maximum atomic E-state index is 11.9. The molecule has 0 saturated carbocycles. The van der Waals surface area contributed by atoms with Crippen LogP contribution >= 0.6 is 0 Å². The van der Waals surface area contributed by atoms with E-state index in [1.165, 1.54) is 0 Å². The average molecular weight is 315 g/mol. The number of benzene rings is 1. The minimum absolute atomic E-state index is 0.160. The number of nitrogens with zero attached hydrogens (tertiary/aromatic N) is 1. The molecule has 6 nitrogen and oxygen atoms in total. The van der Waals surface area contributed by atoms with Crippen LogP contribution < -0.4 is 10.6 Å². The Hall–Kier alpha value is -2.47. The number of aromatic nitrogens is 1. The minimum atomic E-state index is -0.701. The van der Waals surface area contributed by atoms with Crippen molar-refractivity contribution in [3.05, 3.63) is 36.5 Å². The highest BCUT2D eigenvalue weighted by Crippen LogP contribution is 2.20. The zero-order valence-electron chi connectivity index (χ0n) is 13.3. The third-order valence-electron chi connectivity index (χ3n) is 3.15. The van der Waals surface area contributed by atoms with Crippen LogP contribution in [0.15, 0.2) is 36.5 Å². The van der Waals surface area contributed by atoms with E-state index in [-0.39, 0.29) is 6.10 Å². The highest BCUT2D eigenvalue weighted by atomic mass is 16.5. The molecule has 0 atom stereocenters. The molecule has 2 amide bonds. The predicted octanol–water partition coefficient (Wildman–Crippen LogP) is 2.10. The van der Waals surface area contributed by atoms with Crippen molar-refractivity contribution in [3.63, 3.8) is 0 Å². The first kappa shape index (κ1) is 16.9. The highest BCUT2D eigenvalue weighted by molar-refractivity contribution is 6.40. The van der Waals surface area contributed by atoms with Gasteiger partial charge in [-0.05, 0) is 32.4 Å². The number of rotatable bonds is 6. The van der Waals surface area contributed by atoms with Crippen molar-refractivity contribution < 1.29 is 14.3 Å². The number of amides is 2. The molecule has 0 radical (unpaired) electrons. The molecule has 23 heavy (non-hydrogen) atoms. The zero-order chi connectivity index (χ0) is 16.7. The van der Waals surface area contributed by atoms with Crippen LogP contribution in [-0.4, -0.2) is 36.1 Å². The number of carbonyl (C=O) groups is 2. The van der Waals surface area contributed by atoms with Gasteiger partial charge in [-0.15, -0.1) is 0 Å². The predicted molar refractivity (Wildman–Crippen MR) is 89.1 cm³/mol. The number of hydrogen-bond acceptors (Lipinski definition) is 4. The van der Waals surface area contributed by atoms with Crippen LogP contribution in [0.2, 0.25) is 0 Å². The molecule has 0 unspecified atom stereocenters. The summed E-state index contributed by atoms with van der Waals surface area (Å²) in [5, 5.41) is 6.07. The fraction of sp³-hybridized carbons (Fsp3) is 0.353. The summed E-state index contributed by atoms with van der Waals surface area (Å²) in [6.07, 6.45) is 2.47. The lowest BCUT2D eigenvalue weighted by atomic mass is 10.2. The van der Waals surface area contributed by atoms with Crippen LogP contribution in [-0.2, 0) is 14.3 Å². The molecule has 0 aliphatic carbocycles. The maximum Gasteiger partial charge on any atom is 0.313 e. The molecule has 0 aliphatic heterocycles. The molecule has 1 aromatic carbocycles. The number of carbonyl (C=O) groups excluding carboxylic acids is 2. The van der Waals surface area contributed by atoms with Gasteiger partial charge in [0.05, 0.1) is 17.3 Å². The molecule has 2 rings (SSSR count). The lowest BCUT2D eigenvalue weighted by Gasteiger charge is -2.09. The van der Waals surface area contributed by atoms with Crippen molar-refractivity contribution in [1.29, 1.82) is 0 Å². The number of ether oxygens (including phenoxy) is 1. The topological polar surface area (TPSA) is 80.3 Å². The Morgan fingerprint density at radius 3 is 2.74 bits per heavy atom. The van der Waals surface area contributed by atoms with Crippen LogP contribution in [0.3, 0.4) is 0 Å². The quantitative estimate of drug-likeness (QED) is 0.632. The van der Waals surface area contributed by atoms with E-state index >= 15 is 0 Å². The molecule has 0 fully saturated rings. The Labute approximate surface area is 135 Å². The van der Waals surface area contributed by atoms with Gasteiger partial charge in [0.2, 0.25) is 0 Å². The van der Waals surface area contributed by atoms with Crippen molar-refractivity contribution in [2.75, 3.05) is 18.5 Å². The van der Waals surface area contributed by atoms with Crippen molar-refractivity contribution >= 4 is 28.4 Å². The zero-order valence-corrected chi connectivity index (χ0v) is 13.3. The van der Waals surface area contributed by atoms with Crippen LogP contribution in [0.5, 0.6) is 0 Å². The molecule has 1 heterocycles. The highest BCUT2D eigenvalue weighted by Gasteiger charge is 2.14. The van der Waals surface area contributed by atoms with Crippen molar-refractivity contribution in [1.82, 2.24) is 10.3 Å². The fourth-order valence-electron chi connectivity index (χ4n) is 2.06. The molecule has 6 heteroatoms. The van der Waals surface area contributed by atoms with Crippen LogP contribution in [0.4, 0.5) is 5.69 Å². The second-order valence-electron chi connectivity index (χ2n) is 5.36. The second-order valence-corrected chi connectivity index (χ2v) is 5.36. The lowest BCUT2D eigenvalue weighted by molar-refractivity contribution is -0.136. The van der Waals surface area contributed by atoms with E-state index in [2.05, 4.69) is 15.6 Å². The van der Waals surface area contributed by atoms with E-state index in [0.29, 0.717) is 30.8 Å². The van der Waals surface area contributed by atoms with Crippen LogP contribution in [0.25, 0.3) is 10.9 Å². The Morgan fingerprint density at radius 1 is 1.17 bits per heavy atom. The largest absolute Gasteiger partial charge is 0.379 e. The minimum Gasteiger partial charge on any atom is -0.379 e. The van der Waals surface area contributed by atoms with Crippen LogP contribution in [0, 0.1) is 0 Å². The van der Waals surface area contributed by atoms with Crippen molar-refractivity contribution in [2.24, 2.45) is 0 Å². The molecule has 0 spiro atoms. The van der Waals surface area contributed by atoms with Gasteiger partial charge in [-0.1, -0.05) is 18.2 Å². The van der Waals surface area contributed by atoms with Gasteiger partial charge < -0.3 is 15.4 Å². The molecule has 122 valence electrons. The first-order chi connectivity index (χ1) is 11.1.